The van der Waals surface area contributed by atoms with Crippen LogP contribution < -0.4 is 10.2 Å². The molecule has 1 saturated carbocycles. The fourth-order valence-electron chi connectivity index (χ4n) is 3.76. The van der Waals surface area contributed by atoms with Gasteiger partial charge in [0.1, 0.15) is 0 Å². The number of carbonyl (C=O) groups excluding carboxylic acids is 2. The summed E-state index contributed by atoms with van der Waals surface area (Å²) in [6, 6.07) is 6.10. The van der Waals surface area contributed by atoms with Gasteiger partial charge in [0.15, 0.2) is 0 Å². The largest absolute Gasteiger partial charge is 0.377 e. The molecule has 1 aromatic carbocycles. The van der Waals surface area contributed by atoms with Crippen molar-refractivity contribution in [1.82, 2.24) is 4.90 Å². The van der Waals surface area contributed by atoms with Crippen LogP contribution in [0.3, 0.4) is 0 Å². The standard InChI is InChI=1S/C23H37N3O2/c1-16(2)26(22(28)23(3,4)5)15-18-14-19(12-13-20(18)25(6)7)24-21(27)17-10-8-9-11-17/h12-14,16-17H,8-11,15H2,1-7H3,(H,24,27). The molecule has 1 fully saturated rings. The fourth-order valence-corrected chi connectivity index (χ4v) is 3.76. The molecule has 1 N–H and O–H groups in total. The smallest absolute Gasteiger partial charge is 0.228 e. The zero-order valence-electron chi connectivity index (χ0n) is 18.6. The van der Waals surface area contributed by atoms with Gasteiger partial charge in [-0.05, 0) is 50.5 Å². The average Bonchev–Trinajstić information content (AvgIpc) is 3.12. The summed E-state index contributed by atoms with van der Waals surface area (Å²) in [5.41, 5.74) is 2.48. The molecule has 0 saturated heterocycles. The zero-order valence-corrected chi connectivity index (χ0v) is 18.6. The second-order valence-electron chi connectivity index (χ2n) is 9.49. The zero-order chi connectivity index (χ0) is 21.1. The second kappa shape index (κ2) is 8.97. The molecule has 0 spiro atoms. The van der Waals surface area contributed by atoms with Crippen LogP contribution in [0.25, 0.3) is 0 Å². The Morgan fingerprint density at radius 1 is 1.14 bits per heavy atom. The minimum Gasteiger partial charge on any atom is -0.377 e. The topological polar surface area (TPSA) is 52.7 Å². The molecule has 0 radical (unpaired) electrons. The van der Waals surface area contributed by atoms with E-state index in [1.54, 1.807) is 0 Å². The van der Waals surface area contributed by atoms with Crippen LogP contribution in [0.15, 0.2) is 18.2 Å². The lowest BCUT2D eigenvalue weighted by Crippen LogP contribution is -2.43. The summed E-state index contributed by atoms with van der Waals surface area (Å²) >= 11 is 0. The van der Waals surface area contributed by atoms with Crippen molar-refractivity contribution in [3.05, 3.63) is 23.8 Å². The van der Waals surface area contributed by atoms with Gasteiger partial charge in [0, 0.05) is 49.4 Å². The summed E-state index contributed by atoms with van der Waals surface area (Å²) in [7, 11) is 4.00. The van der Waals surface area contributed by atoms with Crippen molar-refractivity contribution >= 4 is 23.2 Å². The van der Waals surface area contributed by atoms with Gasteiger partial charge >= 0.3 is 0 Å². The quantitative estimate of drug-likeness (QED) is 0.772. The SMILES string of the molecule is CC(C)N(Cc1cc(NC(=O)C2CCCC2)ccc1N(C)C)C(=O)C(C)(C)C. The molecule has 0 aromatic heterocycles. The number of anilines is 2. The summed E-state index contributed by atoms with van der Waals surface area (Å²) < 4.78 is 0. The lowest BCUT2D eigenvalue weighted by molar-refractivity contribution is -0.142. The molecule has 1 aliphatic carbocycles. The molecule has 0 unspecified atom stereocenters. The molecule has 0 heterocycles. The van der Waals surface area contributed by atoms with Crippen molar-refractivity contribution < 1.29 is 9.59 Å². The Hall–Kier alpha value is -2.04. The Balaban J connectivity index is 2.29. The van der Waals surface area contributed by atoms with Crippen molar-refractivity contribution in [1.29, 1.82) is 0 Å². The van der Waals surface area contributed by atoms with Gasteiger partial charge in [0.2, 0.25) is 11.8 Å². The van der Waals surface area contributed by atoms with Crippen molar-refractivity contribution in [2.45, 2.75) is 72.9 Å². The molecule has 28 heavy (non-hydrogen) atoms. The Labute approximate surface area is 170 Å². The molecule has 5 heteroatoms. The molecule has 0 aliphatic heterocycles. The monoisotopic (exact) mass is 387 g/mol. The summed E-state index contributed by atoms with van der Waals surface area (Å²) in [4.78, 5) is 29.5. The predicted octanol–water partition coefficient (Wildman–Crippen LogP) is 4.66. The highest BCUT2D eigenvalue weighted by Crippen LogP contribution is 2.29. The van der Waals surface area contributed by atoms with Crippen LogP contribution in [0.4, 0.5) is 11.4 Å². The number of nitrogens with one attached hydrogen (secondary N) is 1. The maximum atomic E-state index is 13.0. The molecule has 0 atom stereocenters. The Morgan fingerprint density at radius 2 is 1.75 bits per heavy atom. The van der Waals surface area contributed by atoms with Gasteiger partial charge in [-0.25, -0.2) is 0 Å². The number of amides is 2. The van der Waals surface area contributed by atoms with E-state index in [1.807, 2.05) is 71.8 Å². The fraction of sp³-hybridized carbons (Fsp3) is 0.652. The van der Waals surface area contributed by atoms with Crippen molar-refractivity contribution in [2.24, 2.45) is 11.3 Å². The van der Waals surface area contributed by atoms with Crippen LogP contribution in [0.5, 0.6) is 0 Å². The van der Waals surface area contributed by atoms with Gasteiger partial charge in [-0.1, -0.05) is 33.6 Å². The highest BCUT2D eigenvalue weighted by molar-refractivity contribution is 5.93. The number of hydrogen-bond acceptors (Lipinski definition) is 3. The maximum Gasteiger partial charge on any atom is 0.228 e. The van der Waals surface area contributed by atoms with Gasteiger partial charge in [-0.3, -0.25) is 9.59 Å². The van der Waals surface area contributed by atoms with Crippen molar-refractivity contribution in [3.8, 4) is 0 Å². The highest BCUT2D eigenvalue weighted by Gasteiger charge is 2.29. The van der Waals surface area contributed by atoms with E-state index in [-0.39, 0.29) is 23.8 Å². The predicted molar refractivity (Wildman–Crippen MR) is 116 cm³/mol. The van der Waals surface area contributed by atoms with E-state index in [0.717, 1.165) is 42.6 Å². The minimum atomic E-state index is -0.434. The molecule has 156 valence electrons. The summed E-state index contributed by atoms with van der Waals surface area (Å²) in [6.07, 6.45) is 4.24. The van der Waals surface area contributed by atoms with E-state index in [1.165, 1.54) is 0 Å². The van der Waals surface area contributed by atoms with E-state index < -0.39 is 5.41 Å². The average molecular weight is 388 g/mol. The summed E-state index contributed by atoms with van der Waals surface area (Å²) in [6.45, 7) is 10.5. The third-order valence-electron chi connectivity index (χ3n) is 5.42. The van der Waals surface area contributed by atoms with Crippen LogP contribution in [-0.2, 0) is 16.1 Å². The van der Waals surface area contributed by atoms with Gasteiger partial charge < -0.3 is 15.1 Å². The van der Waals surface area contributed by atoms with E-state index in [9.17, 15) is 9.59 Å². The lowest BCUT2D eigenvalue weighted by atomic mass is 9.93. The van der Waals surface area contributed by atoms with Crippen LogP contribution >= 0.6 is 0 Å². The first kappa shape index (κ1) is 22.3. The molecule has 5 nitrogen and oxygen atoms in total. The Morgan fingerprint density at radius 3 is 2.25 bits per heavy atom. The van der Waals surface area contributed by atoms with E-state index in [2.05, 4.69) is 10.2 Å². The first-order valence-corrected chi connectivity index (χ1v) is 10.4. The van der Waals surface area contributed by atoms with Crippen LogP contribution in [0.2, 0.25) is 0 Å². The third-order valence-corrected chi connectivity index (χ3v) is 5.42. The molecule has 0 bridgehead atoms. The number of nitrogens with zero attached hydrogens (tertiary/aromatic N) is 2. The second-order valence-corrected chi connectivity index (χ2v) is 9.49. The van der Waals surface area contributed by atoms with Crippen LogP contribution in [0.1, 0.15) is 65.9 Å². The lowest BCUT2D eigenvalue weighted by Gasteiger charge is -2.34. The maximum absolute atomic E-state index is 13.0. The number of carbonyl (C=O) groups is 2. The Bertz CT molecular complexity index is 698. The molecule has 1 aromatic rings. The number of hydrogen-bond donors (Lipinski definition) is 1. The van der Waals surface area contributed by atoms with E-state index in [4.69, 9.17) is 0 Å². The van der Waals surface area contributed by atoms with Crippen molar-refractivity contribution in [2.75, 3.05) is 24.3 Å². The van der Waals surface area contributed by atoms with E-state index in [0.29, 0.717) is 6.54 Å². The van der Waals surface area contributed by atoms with E-state index >= 15 is 0 Å². The number of benzene rings is 1. The molecule has 1 aliphatic rings. The van der Waals surface area contributed by atoms with Gasteiger partial charge in [0.05, 0.1) is 0 Å². The molecule has 2 amide bonds. The van der Waals surface area contributed by atoms with Crippen LogP contribution in [-0.4, -0.2) is 36.9 Å². The minimum absolute atomic E-state index is 0.0958. The highest BCUT2D eigenvalue weighted by atomic mass is 16.2. The Kier molecular flexibility index (Phi) is 7.13. The molecular weight excluding hydrogens is 350 g/mol. The summed E-state index contributed by atoms with van der Waals surface area (Å²) in [5.74, 6) is 0.381. The summed E-state index contributed by atoms with van der Waals surface area (Å²) in [5, 5.41) is 3.09. The third kappa shape index (κ3) is 5.49. The van der Waals surface area contributed by atoms with Gasteiger partial charge in [-0.15, -0.1) is 0 Å². The first-order valence-electron chi connectivity index (χ1n) is 10.4. The van der Waals surface area contributed by atoms with Gasteiger partial charge in [-0.2, -0.15) is 0 Å². The van der Waals surface area contributed by atoms with Gasteiger partial charge in [0.25, 0.3) is 0 Å². The van der Waals surface area contributed by atoms with Crippen molar-refractivity contribution in [3.63, 3.8) is 0 Å². The molecule has 2 rings (SSSR count). The molecular formula is C23H37N3O2. The normalized spacial score (nSPS) is 15.0. The number of rotatable bonds is 6. The first-order chi connectivity index (χ1) is 13.0. The van der Waals surface area contributed by atoms with Crippen LogP contribution in [0, 0.1) is 11.3 Å².